The van der Waals surface area contributed by atoms with Gasteiger partial charge in [0, 0.05) is 5.41 Å². The molecule has 8 fully saturated rings. The summed E-state index contributed by atoms with van der Waals surface area (Å²) in [6.07, 6.45) is 17.6. The van der Waals surface area contributed by atoms with Crippen molar-refractivity contribution in [2.45, 2.75) is 84.0 Å². The van der Waals surface area contributed by atoms with E-state index in [0.717, 1.165) is 17.8 Å². The van der Waals surface area contributed by atoms with Crippen LogP contribution in [0.5, 0.6) is 0 Å². The van der Waals surface area contributed by atoms with Crippen LogP contribution in [-0.2, 0) is 4.79 Å². The van der Waals surface area contributed by atoms with Crippen molar-refractivity contribution in [3.8, 4) is 0 Å². The maximum absolute atomic E-state index is 11.7. The van der Waals surface area contributed by atoms with Crippen molar-refractivity contribution in [3.05, 3.63) is 0 Å². The fourth-order valence-electron chi connectivity index (χ4n) is 8.52. The van der Waals surface area contributed by atoms with E-state index in [1.54, 1.807) is 38.5 Å². The number of carbonyl (C=O) groups is 1. The van der Waals surface area contributed by atoms with Crippen LogP contribution in [0.1, 0.15) is 84.0 Å². The molecule has 8 aliphatic rings. The highest BCUT2D eigenvalue weighted by molar-refractivity contribution is 5.82. The summed E-state index contributed by atoms with van der Waals surface area (Å²) in [6, 6.07) is 0. The third-order valence-electron chi connectivity index (χ3n) is 8.79. The first-order chi connectivity index (χ1) is 11.1. The molecule has 0 spiro atoms. The van der Waals surface area contributed by atoms with E-state index in [0.29, 0.717) is 5.78 Å². The second kappa shape index (κ2) is 5.33. The summed E-state index contributed by atoms with van der Waals surface area (Å²) in [7, 11) is 0. The highest BCUT2D eigenvalue weighted by Gasteiger charge is 2.53. The lowest BCUT2D eigenvalue weighted by Crippen LogP contribution is -2.49. The topological polar surface area (TPSA) is 17.1 Å². The first-order valence-corrected chi connectivity index (χ1v) is 10.6. The minimum Gasteiger partial charge on any atom is -0.299 e. The fourth-order valence-corrected chi connectivity index (χ4v) is 8.52. The Kier molecular flexibility index (Phi) is 3.47. The van der Waals surface area contributed by atoms with E-state index in [9.17, 15) is 4.79 Å². The lowest BCUT2D eigenvalue weighted by Gasteiger charge is -2.55. The van der Waals surface area contributed by atoms with E-state index in [1.807, 2.05) is 6.92 Å². The Balaban J connectivity index is 0.000000109. The lowest BCUT2D eigenvalue weighted by atomic mass is 9.48. The number of hydrogen-bond acceptors (Lipinski definition) is 1. The van der Waals surface area contributed by atoms with Gasteiger partial charge >= 0.3 is 0 Å². The molecule has 23 heavy (non-hydrogen) atoms. The molecule has 0 aromatic carbocycles. The second-order valence-corrected chi connectivity index (χ2v) is 10.6. The van der Waals surface area contributed by atoms with Crippen LogP contribution in [0.15, 0.2) is 0 Å². The molecule has 0 heterocycles. The number of rotatable bonds is 1. The van der Waals surface area contributed by atoms with Gasteiger partial charge < -0.3 is 0 Å². The SMILES string of the molecule is C1C2CC3CC1CC(C2)C3.CC(=O)C12CC3CC(CC(C3)C1)C2. The van der Waals surface area contributed by atoms with Crippen LogP contribution in [0.25, 0.3) is 0 Å². The first kappa shape index (κ1) is 15.0. The van der Waals surface area contributed by atoms with Gasteiger partial charge in [-0.15, -0.1) is 0 Å². The Morgan fingerprint density at radius 2 is 0.826 bits per heavy atom. The van der Waals surface area contributed by atoms with Crippen molar-refractivity contribution < 1.29 is 4.79 Å². The molecule has 0 unspecified atom stereocenters. The van der Waals surface area contributed by atoms with Gasteiger partial charge in [-0.1, -0.05) is 0 Å². The zero-order chi connectivity index (χ0) is 15.6. The van der Waals surface area contributed by atoms with E-state index in [-0.39, 0.29) is 5.41 Å². The summed E-state index contributed by atoms with van der Waals surface area (Å²) in [5, 5.41) is 0. The van der Waals surface area contributed by atoms with Crippen LogP contribution >= 0.6 is 0 Å². The van der Waals surface area contributed by atoms with E-state index in [2.05, 4.69) is 0 Å². The summed E-state index contributed by atoms with van der Waals surface area (Å²) in [4.78, 5) is 11.7. The van der Waals surface area contributed by atoms with E-state index in [4.69, 9.17) is 0 Å². The predicted octanol–water partition coefficient (Wildman–Crippen LogP) is 5.62. The van der Waals surface area contributed by atoms with E-state index < -0.39 is 0 Å². The Hall–Kier alpha value is -0.330. The number of hydrogen-bond donors (Lipinski definition) is 0. The zero-order valence-corrected chi connectivity index (χ0v) is 14.9. The van der Waals surface area contributed by atoms with Crippen LogP contribution < -0.4 is 0 Å². The highest BCUT2D eigenvalue weighted by Crippen LogP contribution is 2.60. The fraction of sp³-hybridized carbons (Fsp3) is 0.955. The van der Waals surface area contributed by atoms with Crippen molar-refractivity contribution in [3.63, 3.8) is 0 Å². The monoisotopic (exact) mass is 314 g/mol. The third kappa shape index (κ3) is 2.61. The molecular formula is C22H34O. The molecule has 0 N–H and O–H groups in total. The smallest absolute Gasteiger partial charge is 0.135 e. The predicted molar refractivity (Wildman–Crippen MR) is 92.9 cm³/mol. The molecular weight excluding hydrogens is 280 g/mol. The van der Waals surface area contributed by atoms with Crippen LogP contribution in [0.4, 0.5) is 0 Å². The molecule has 0 saturated heterocycles. The van der Waals surface area contributed by atoms with Crippen molar-refractivity contribution in [2.75, 3.05) is 0 Å². The van der Waals surface area contributed by atoms with Crippen LogP contribution in [0.3, 0.4) is 0 Å². The van der Waals surface area contributed by atoms with Crippen molar-refractivity contribution in [2.24, 2.45) is 46.8 Å². The van der Waals surface area contributed by atoms with Gasteiger partial charge in [-0.25, -0.2) is 0 Å². The molecule has 8 rings (SSSR count). The third-order valence-corrected chi connectivity index (χ3v) is 8.79. The molecule has 8 bridgehead atoms. The van der Waals surface area contributed by atoms with Crippen molar-refractivity contribution in [1.29, 1.82) is 0 Å². The molecule has 0 amide bonds. The minimum absolute atomic E-state index is 0.161. The normalized spacial score (nSPS) is 54.7. The number of carbonyl (C=O) groups excluding carboxylic acids is 1. The molecule has 1 heteroatoms. The zero-order valence-electron chi connectivity index (χ0n) is 14.9. The van der Waals surface area contributed by atoms with Gasteiger partial charge in [0.05, 0.1) is 0 Å². The summed E-state index contributed by atoms with van der Waals surface area (Å²) in [5.41, 5.74) is 0.161. The Morgan fingerprint density at radius 1 is 0.565 bits per heavy atom. The van der Waals surface area contributed by atoms with Gasteiger partial charge in [0.15, 0.2) is 0 Å². The van der Waals surface area contributed by atoms with Gasteiger partial charge in [0.2, 0.25) is 0 Å². The lowest BCUT2D eigenvalue weighted by molar-refractivity contribution is -0.141. The summed E-state index contributed by atoms with van der Waals surface area (Å²) < 4.78 is 0. The molecule has 0 aliphatic heterocycles. The standard InChI is InChI=1S/C12H18O.C10H16/c1-8(13)12-5-9-2-10(6-12)4-11(3-9)7-12;1-7-2-9-4-8(1)5-10(3-7)6-9/h9-11H,2-7H2,1H3;7-10H,1-6H2. The van der Waals surface area contributed by atoms with Crippen molar-refractivity contribution in [1.82, 2.24) is 0 Å². The van der Waals surface area contributed by atoms with Crippen molar-refractivity contribution >= 4 is 5.78 Å². The molecule has 1 nitrogen and oxygen atoms in total. The quantitative estimate of drug-likeness (QED) is 0.613. The summed E-state index contributed by atoms with van der Waals surface area (Å²) in [5.74, 6) is 7.94. The average Bonchev–Trinajstić information content (AvgIpc) is 2.44. The average molecular weight is 315 g/mol. The molecule has 128 valence electrons. The van der Waals surface area contributed by atoms with Gasteiger partial charge in [0.25, 0.3) is 0 Å². The maximum Gasteiger partial charge on any atom is 0.135 e. The first-order valence-electron chi connectivity index (χ1n) is 10.6. The van der Waals surface area contributed by atoms with Gasteiger partial charge in [-0.3, -0.25) is 4.79 Å². The van der Waals surface area contributed by atoms with E-state index in [1.165, 1.54) is 62.2 Å². The number of Topliss-reactive ketones (excluding diaryl/α,β-unsaturated/α-hetero) is 1. The maximum atomic E-state index is 11.7. The van der Waals surface area contributed by atoms with Crippen LogP contribution in [0.2, 0.25) is 0 Å². The van der Waals surface area contributed by atoms with Gasteiger partial charge in [-0.05, 0) is 125 Å². The molecule has 0 radical (unpaired) electrons. The van der Waals surface area contributed by atoms with E-state index >= 15 is 0 Å². The summed E-state index contributed by atoms with van der Waals surface area (Å²) in [6.45, 7) is 1.83. The Morgan fingerprint density at radius 3 is 1.09 bits per heavy atom. The van der Waals surface area contributed by atoms with Crippen LogP contribution in [0, 0.1) is 46.8 Å². The Bertz CT molecular complexity index is 398. The largest absolute Gasteiger partial charge is 0.299 e. The molecule has 0 aromatic heterocycles. The van der Waals surface area contributed by atoms with Crippen LogP contribution in [-0.4, -0.2) is 5.78 Å². The minimum atomic E-state index is 0.161. The number of ketones is 1. The molecule has 0 aromatic rings. The highest BCUT2D eigenvalue weighted by atomic mass is 16.1. The molecule has 8 saturated carbocycles. The molecule has 0 atom stereocenters. The second-order valence-electron chi connectivity index (χ2n) is 10.6. The molecule has 8 aliphatic carbocycles. The Labute approximate surface area is 142 Å². The summed E-state index contributed by atoms with van der Waals surface area (Å²) >= 11 is 0. The van der Waals surface area contributed by atoms with Gasteiger partial charge in [-0.2, -0.15) is 0 Å². The van der Waals surface area contributed by atoms with Gasteiger partial charge in [0.1, 0.15) is 5.78 Å².